The van der Waals surface area contributed by atoms with E-state index in [1.807, 2.05) is 49.4 Å². The van der Waals surface area contributed by atoms with Crippen LogP contribution in [0.5, 0.6) is 5.75 Å². The number of rotatable bonds is 5. The van der Waals surface area contributed by atoms with Gasteiger partial charge in [0.05, 0.1) is 24.3 Å². The molecule has 4 rings (SSSR count). The Morgan fingerprint density at radius 2 is 2.10 bits per heavy atom. The van der Waals surface area contributed by atoms with E-state index in [1.165, 1.54) is 5.56 Å². The summed E-state index contributed by atoms with van der Waals surface area (Å²) in [5.41, 5.74) is 9.73. The van der Waals surface area contributed by atoms with Crippen molar-refractivity contribution in [2.75, 3.05) is 23.8 Å². The fourth-order valence-electron chi connectivity index (χ4n) is 4.35. The lowest BCUT2D eigenvalue weighted by molar-refractivity contribution is -0.127. The maximum Gasteiger partial charge on any atom is 0.227 e. The first kappa shape index (κ1) is 19.3. The number of anilines is 2. The van der Waals surface area contributed by atoms with Crippen LogP contribution in [0.25, 0.3) is 0 Å². The predicted molar refractivity (Wildman–Crippen MR) is 113 cm³/mol. The molecule has 0 bridgehead atoms. The van der Waals surface area contributed by atoms with Crippen LogP contribution in [0.4, 0.5) is 11.4 Å². The first-order valence-electron chi connectivity index (χ1n) is 10.3. The van der Waals surface area contributed by atoms with Crippen LogP contribution >= 0.6 is 0 Å². The standard InChI is InChI=1S/C23H27N3O3/c1-2-29-21-9-4-3-8-20(21)26-14-16(13-22(26)27)23(28)25-19-7-5-6-15-12-17(24)10-11-18(15)19/h3-4,8-12,16,19H,2,5-7,13-14,24H2,1H3,(H,25,28). The van der Waals surface area contributed by atoms with Gasteiger partial charge in [-0.15, -0.1) is 0 Å². The summed E-state index contributed by atoms with van der Waals surface area (Å²) in [6.45, 7) is 2.80. The van der Waals surface area contributed by atoms with Gasteiger partial charge in [-0.1, -0.05) is 18.2 Å². The molecule has 2 aromatic rings. The molecule has 1 aliphatic carbocycles. The van der Waals surface area contributed by atoms with Gasteiger partial charge in [-0.25, -0.2) is 0 Å². The number of amides is 2. The van der Waals surface area contributed by atoms with Crippen LogP contribution in [0, 0.1) is 5.92 Å². The Hall–Kier alpha value is -3.02. The molecule has 3 N–H and O–H groups in total. The number of hydrogen-bond donors (Lipinski definition) is 2. The van der Waals surface area contributed by atoms with Crippen LogP contribution in [0.1, 0.15) is 43.4 Å². The molecule has 1 fully saturated rings. The van der Waals surface area contributed by atoms with E-state index >= 15 is 0 Å². The summed E-state index contributed by atoms with van der Waals surface area (Å²) in [6, 6.07) is 13.4. The third-order valence-corrected chi connectivity index (χ3v) is 5.75. The number of carbonyl (C=O) groups is 2. The van der Waals surface area contributed by atoms with E-state index < -0.39 is 0 Å². The molecule has 1 aliphatic heterocycles. The van der Waals surface area contributed by atoms with Gasteiger partial charge >= 0.3 is 0 Å². The molecular weight excluding hydrogens is 366 g/mol. The third kappa shape index (κ3) is 3.92. The van der Waals surface area contributed by atoms with E-state index in [0.717, 1.165) is 36.2 Å². The van der Waals surface area contributed by atoms with Crippen molar-refractivity contribution in [2.24, 2.45) is 5.92 Å². The van der Waals surface area contributed by atoms with Crippen LogP contribution < -0.4 is 20.7 Å². The SMILES string of the molecule is CCOc1ccccc1N1CC(C(=O)NC2CCCc3cc(N)ccc32)CC1=O. The zero-order chi connectivity index (χ0) is 20.4. The number of hydrogen-bond acceptors (Lipinski definition) is 4. The zero-order valence-electron chi connectivity index (χ0n) is 16.7. The second-order valence-electron chi connectivity index (χ2n) is 7.72. The van der Waals surface area contributed by atoms with Crippen molar-refractivity contribution in [3.63, 3.8) is 0 Å². The average Bonchev–Trinajstić information content (AvgIpc) is 3.10. The molecule has 2 aromatic carbocycles. The van der Waals surface area contributed by atoms with Crippen LogP contribution in [0.3, 0.4) is 0 Å². The van der Waals surface area contributed by atoms with E-state index in [2.05, 4.69) is 5.32 Å². The van der Waals surface area contributed by atoms with Gasteiger partial charge in [-0.3, -0.25) is 9.59 Å². The molecule has 6 nitrogen and oxygen atoms in total. The first-order chi connectivity index (χ1) is 14.1. The molecule has 0 spiro atoms. The lowest BCUT2D eigenvalue weighted by Crippen LogP contribution is -2.37. The summed E-state index contributed by atoms with van der Waals surface area (Å²) in [4.78, 5) is 27.3. The minimum Gasteiger partial charge on any atom is -0.492 e. The normalized spacial score (nSPS) is 21.0. The number of aryl methyl sites for hydroxylation is 1. The van der Waals surface area contributed by atoms with Crippen molar-refractivity contribution >= 4 is 23.2 Å². The van der Waals surface area contributed by atoms with E-state index in [4.69, 9.17) is 10.5 Å². The van der Waals surface area contributed by atoms with Crippen molar-refractivity contribution in [1.29, 1.82) is 0 Å². The monoisotopic (exact) mass is 393 g/mol. The quantitative estimate of drug-likeness (QED) is 0.764. The highest BCUT2D eigenvalue weighted by Gasteiger charge is 2.37. The van der Waals surface area contributed by atoms with Gasteiger partial charge in [0.25, 0.3) is 0 Å². The molecule has 0 aromatic heterocycles. The van der Waals surface area contributed by atoms with Crippen molar-refractivity contribution < 1.29 is 14.3 Å². The molecule has 0 saturated carbocycles. The predicted octanol–water partition coefficient (Wildman–Crippen LogP) is 3.21. The van der Waals surface area contributed by atoms with Gasteiger partial charge in [-0.2, -0.15) is 0 Å². The topological polar surface area (TPSA) is 84.7 Å². The minimum atomic E-state index is -0.364. The molecule has 152 valence electrons. The number of ether oxygens (including phenoxy) is 1. The van der Waals surface area contributed by atoms with Crippen LogP contribution in [0.2, 0.25) is 0 Å². The van der Waals surface area contributed by atoms with Gasteiger partial charge in [0, 0.05) is 18.7 Å². The average molecular weight is 393 g/mol. The number of nitrogens with one attached hydrogen (secondary N) is 1. The Balaban J connectivity index is 1.47. The summed E-state index contributed by atoms with van der Waals surface area (Å²) in [5.74, 6) is 0.193. The van der Waals surface area contributed by atoms with Crippen molar-refractivity contribution in [3.8, 4) is 5.75 Å². The molecule has 1 heterocycles. The summed E-state index contributed by atoms with van der Waals surface area (Å²) >= 11 is 0. The molecule has 2 atom stereocenters. The molecule has 2 unspecified atom stereocenters. The number of nitrogen functional groups attached to an aromatic ring is 1. The molecule has 6 heteroatoms. The fraction of sp³-hybridized carbons (Fsp3) is 0.391. The van der Waals surface area contributed by atoms with Crippen LogP contribution in [-0.4, -0.2) is 25.0 Å². The van der Waals surface area contributed by atoms with Gasteiger partial charge in [0.2, 0.25) is 11.8 Å². The molecule has 2 amide bonds. The lowest BCUT2D eigenvalue weighted by atomic mass is 9.87. The zero-order valence-corrected chi connectivity index (χ0v) is 16.7. The Morgan fingerprint density at radius 3 is 2.93 bits per heavy atom. The summed E-state index contributed by atoms with van der Waals surface area (Å²) in [7, 11) is 0. The van der Waals surface area contributed by atoms with Crippen LogP contribution in [0.15, 0.2) is 42.5 Å². The number of nitrogens with two attached hydrogens (primary N) is 1. The van der Waals surface area contributed by atoms with Crippen molar-refractivity contribution in [2.45, 2.75) is 38.6 Å². The van der Waals surface area contributed by atoms with Gasteiger partial charge in [0.1, 0.15) is 5.75 Å². The highest BCUT2D eigenvalue weighted by Crippen LogP contribution is 2.35. The number of carbonyl (C=O) groups excluding carboxylic acids is 2. The summed E-state index contributed by atoms with van der Waals surface area (Å²) < 4.78 is 5.66. The molecular formula is C23H27N3O3. The Morgan fingerprint density at radius 1 is 1.28 bits per heavy atom. The maximum absolute atomic E-state index is 13.0. The van der Waals surface area contributed by atoms with Crippen molar-refractivity contribution in [3.05, 3.63) is 53.6 Å². The highest BCUT2D eigenvalue weighted by molar-refractivity contribution is 6.01. The maximum atomic E-state index is 13.0. The second kappa shape index (κ2) is 8.15. The largest absolute Gasteiger partial charge is 0.492 e. The molecule has 1 saturated heterocycles. The number of fused-ring (bicyclic) bond motifs is 1. The first-order valence-corrected chi connectivity index (χ1v) is 10.3. The Bertz CT molecular complexity index is 927. The Kier molecular flexibility index (Phi) is 5.43. The van der Waals surface area contributed by atoms with E-state index in [-0.39, 0.29) is 30.2 Å². The van der Waals surface area contributed by atoms with Gasteiger partial charge in [0.15, 0.2) is 0 Å². The fourth-order valence-corrected chi connectivity index (χ4v) is 4.35. The molecule has 2 aliphatic rings. The van der Waals surface area contributed by atoms with Gasteiger partial charge < -0.3 is 20.7 Å². The second-order valence-corrected chi connectivity index (χ2v) is 7.72. The molecule has 0 radical (unpaired) electrons. The van der Waals surface area contributed by atoms with E-state index in [0.29, 0.717) is 18.9 Å². The highest BCUT2D eigenvalue weighted by atomic mass is 16.5. The minimum absolute atomic E-state index is 0.0216. The lowest BCUT2D eigenvalue weighted by Gasteiger charge is -2.27. The number of para-hydroxylation sites is 2. The summed E-state index contributed by atoms with van der Waals surface area (Å²) in [6.07, 6.45) is 3.11. The number of nitrogens with zero attached hydrogens (tertiary/aromatic N) is 1. The smallest absolute Gasteiger partial charge is 0.227 e. The summed E-state index contributed by atoms with van der Waals surface area (Å²) in [5, 5.41) is 3.18. The van der Waals surface area contributed by atoms with E-state index in [9.17, 15) is 9.59 Å². The van der Waals surface area contributed by atoms with Gasteiger partial charge in [-0.05, 0) is 61.6 Å². The van der Waals surface area contributed by atoms with Crippen LogP contribution in [-0.2, 0) is 16.0 Å². The third-order valence-electron chi connectivity index (χ3n) is 5.75. The molecule has 29 heavy (non-hydrogen) atoms. The number of benzene rings is 2. The van der Waals surface area contributed by atoms with E-state index in [1.54, 1.807) is 4.90 Å². The Labute approximate surface area is 171 Å². The van der Waals surface area contributed by atoms with Crippen molar-refractivity contribution in [1.82, 2.24) is 5.32 Å².